The number of pyridine rings is 1. The maximum atomic E-state index is 11.1. The van der Waals surface area contributed by atoms with E-state index in [4.69, 9.17) is 0 Å². The Morgan fingerprint density at radius 3 is 2.74 bits per heavy atom. The van der Waals surface area contributed by atoms with Gasteiger partial charge in [0.1, 0.15) is 0 Å². The van der Waals surface area contributed by atoms with Crippen LogP contribution in [0.2, 0.25) is 0 Å². The molecule has 1 heterocycles. The van der Waals surface area contributed by atoms with E-state index in [1.807, 2.05) is 0 Å². The van der Waals surface area contributed by atoms with Crippen molar-refractivity contribution >= 4 is 5.69 Å². The first-order valence-corrected chi connectivity index (χ1v) is 6.83. The third-order valence-corrected chi connectivity index (χ3v) is 4.21. The average molecular weight is 263 g/mol. The summed E-state index contributed by atoms with van der Waals surface area (Å²) in [6.45, 7) is 6.29. The second-order valence-electron chi connectivity index (χ2n) is 5.48. The molecule has 0 aromatic carbocycles. The van der Waals surface area contributed by atoms with E-state index in [-0.39, 0.29) is 10.6 Å². The predicted octanol–water partition coefficient (Wildman–Crippen LogP) is 2.88. The largest absolute Gasteiger partial charge is 0.308 e. The Balaban J connectivity index is 2.08. The third-order valence-electron chi connectivity index (χ3n) is 4.21. The Morgan fingerprint density at radius 1 is 1.53 bits per heavy atom. The lowest BCUT2D eigenvalue weighted by Gasteiger charge is -2.32. The van der Waals surface area contributed by atoms with Crippen molar-refractivity contribution in [3.8, 4) is 0 Å². The summed E-state index contributed by atoms with van der Waals surface area (Å²) in [6, 6.07) is 0.454. The molecule has 0 radical (unpaired) electrons. The highest BCUT2D eigenvalue weighted by molar-refractivity contribution is 5.47. The van der Waals surface area contributed by atoms with Crippen LogP contribution in [0.1, 0.15) is 43.0 Å². The lowest BCUT2D eigenvalue weighted by molar-refractivity contribution is -0.386. The van der Waals surface area contributed by atoms with Crippen LogP contribution >= 0.6 is 0 Å². The zero-order valence-corrected chi connectivity index (χ0v) is 11.8. The van der Waals surface area contributed by atoms with Gasteiger partial charge in [-0.05, 0) is 39.5 Å². The number of rotatable bonds is 5. The van der Waals surface area contributed by atoms with Crippen LogP contribution in [0, 0.1) is 29.9 Å². The van der Waals surface area contributed by atoms with Crippen molar-refractivity contribution in [1.82, 2.24) is 10.3 Å². The Morgan fingerprint density at radius 2 is 2.21 bits per heavy atom. The molecule has 1 N–H and O–H groups in total. The number of hydrogen-bond acceptors (Lipinski definition) is 4. The summed E-state index contributed by atoms with van der Waals surface area (Å²) in [4.78, 5) is 15.1. The molecule has 1 aromatic heterocycles. The molecule has 5 heteroatoms. The van der Waals surface area contributed by atoms with Crippen LogP contribution in [0.15, 0.2) is 6.20 Å². The van der Waals surface area contributed by atoms with Crippen LogP contribution in [0.25, 0.3) is 0 Å². The van der Waals surface area contributed by atoms with E-state index >= 15 is 0 Å². The minimum absolute atomic E-state index is 0.197. The van der Waals surface area contributed by atoms with Gasteiger partial charge in [-0.15, -0.1) is 0 Å². The molecule has 1 fully saturated rings. The maximum Gasteiger partial charge on any atom is 0.278 e. The topological polar surface area (TPSA) is 68.1 Å². The number of nitrogens with zero attached hydrogens (tertiary/aromatic N) is 2. The van der Waals surface area contributed by atoms with E-state index in [1.54, 1.807) is 20.0 Å². The molecule has 2 rings (SSSR count). The monoisotopic (exact) mass is 263 g/mol. The number of nitrogens with one attached hydrogen (secondary N) is 1. The van der Waals surface area contributed by atoms with Gasteiger partial charge < -0.3 is 5.32 Å². The maximum absolute atomic E-state index is 11.1. The summed E-state index contributed by atoms with van der Waals surface area (Å²) in [6.07, 6.45) is 5.49. The molecule has 0 spiro atoms. The molecular weight excluding hydrogens is 242 g/mol. The number of aromatic nitrogens is 1. The standard InChI is InChI=1S/C14H21N3O2/c1-9-7-16-13(10(2)14(9)17(18)19)8-15-11(3)12-5-4-6-12/h7,11-12,15H,4-6,8H2,1-3H3. The van der Waals surface area contributed by atoms with Crippen LogP contribution in [0.3, 0.4) is 0 Å². The minimum Gasteiger partial charge on any atom is -0.308 e. The summed E-state index contributed by atoms with van der Waals surface area (Å²) >= 11 is 0. The van der Waals surface area contributed by atoms with Crippen molar-refractivity contribution in [2.45, 2.75) is 52.6 Å². The SMILES string of the molecule is Cc1cnc(CNC(C)C2CCC2)c(C)c1[N+](=O)[O-]. The van der Waals surface area contributed by atoms with Crippen LogP contribution in [-0.2, 0) is 6.54 Å². The van der Waals surface area contributed by atoms with E-state index < -0.39 is 0 Å². The molecular formula is C14H21N3O2. The molecule has 0 aliphatic heterocycles. The molecule has 0 saturated heterocycles. The van der Waals surface area contributed by atoms with Gasteiger partial charge in [0.2, 0.25) is 0 Å². The molecule has 5 nitrogen and oxygen atoms in total. The van der Waals surface area contributed by atoms with Crippen LogP contribution in [-0.4, -0.2) is 15.9 Å². The summed E-state index contributed by atoms with van der Waals surface area (Å²) in [5, 5.41) is 14.5. The Bertz CT molecular complexity index is 484. The first-order chi connectivity index (χ1) is 9.00. The van der Waals surface area contributed by atoms with Crippen molar-refractivity contribution in [2.75, 3.05) is 0 Å². The lowest BCUT2D eigenvalue weighted by atomic mass is 9.80. The number of aryl methyl sites for hydroxylation is 1. The van der Waals surface area contributed by atoms with Gasteiger partial charge in [-0.25, -0.2) is 0 Å². The van der Waals surface area contributed by atoms with Crippen molar-refractivity contribution in [1.29, 1.82) is 0 Å². The van der Waals surface area contributed by atoms with Crippen molar-refractivity contribution in [3.05, 3.63) is 33.1 Å². The summed E-state index contributed by atoms with van der Waals surface area (Å²) < 4.78 is 0. The molecule has 1 unspecified atom stereocenters. The molecule has 19 heavy (non-hydrogen) atoms. The van der Waals surface area contributed by atoms with Crippen LogP contribution in [0.5, 0.6) is 0 Å². The number of hydrogen-bond donors (Lipinski definition) is 1. The van der Waals surface area contributed by atoms with Gasteiger partial charge in [0.05, 0.1) is 10.6 Å². The van der Waals surface area contributed by atoms with E-state index in [0.29, 0.717) is 23.7 Å². The summed E-state index contributed by atoms with van der Waals surface area (Å²) in [5.41, 5.74) is 2.28. The minimum atomic E-state index is -0.314. The smallest absolute Gasteiger partial charge is 0.278 e. The second kappa shape index (κ2) is 5.65. The molecule has 1 aliphatic carbocycles. The number of nitro groups is 1. The zero-order valence-electron chi connectivity index (χ0n) is 11.8. The average Bonchev–Trinajstić information content (AvgIpc) is 2.25. The molecule has 0 bridgehead atoms. The fourth-order valence-electron chi connectivity index (χ4n) is 2.59. The van der Waals surface area contributed by atoms with Gasteiger partial charge in [0, 0.05) is 29.9 Å². The normalized spacial score (nSPS) is 17.0. The first kappa shape index (κ1) is 13.9. The fourth-order valence-corrected chi connectivity index (χ4v) is 2.59. The third kappa shape index (κ3) is 2.92. The molecule has 1 saturated carbocycles. The Kier molecular flexibility index (Phi) is 4.14. The molecule has 1 aliphatic rings. The van der Waals surface area contributed by atoms with Gasteiger partial charge >= 0.3 is 0 Å². The van der Waals surface area contributed by atoms with Crippen molar-refractivity contribution in [3.63, 3.8) is 0 Å². The molecule has 1 atom stereocenters. The quantitative estimate of drug-likeness (QED) is 0.655. The van der Waals surface area contributed by atoms with Gasteiger partial charge in [-0.1, -0.05) is 6.42 Å². The van der Waals surface area contributed by atoms with E-state index in [2.05, 4.69) is 17.2 Å². The highest BCUT2D eigenvalue weighted by atomic mass is 16.6. The fraction of sp³-hybridized carbons (Fsp3) is 0.643. The zero-order chi connectivity index (χ0) is 14.0. The van der Waals surface area contributed by atoms with Gasteiger partial charge in [0.15, 0.2) is 0 Å². The van der Waals surface area contributed by atoms with Gasteiger partial charge in [-0.2, -0.15) is 0 Å². The molecule has 1 aromatic rings. The Labute approximate surface area is 113 Å². The molecule has 104 valence electrons. The van der Waals surface area contributed by atoms with E-state index in [9.17, 15) is 10.1 Å². The van der Waals surface area contributed by atoms with E-state index in [1.165, 1.54) is 19.3 Å². The van der Waals surface area contributed by atoms with Crippen molar-refractivity contribution < 1.29 is 4.92 Å². The lowest BCUT2D eigenvalue weighted by Crippen LogP contribution is -2.36. The molecule has 0 amide bonds. The van der Waals surface area contributed by atoms with Crippen LogP contribution in [0.4, 0.5) is 5.69 Å². The predicted molar refractivity (Wildman–Crippen MR) is 74.0 cm³/mol. The van der Waals surface area contributed by atoms with E-state index in [0.717, 1.165) is 11.6 Å². The summed E-state index contributed by atoms with van der Waals surface area (Å²) in [5.74, 6) is 0.751. The van der Waals surface area contributed by atoms with Crippen molar-refractivity contribution in [2.24, 2.45) is 5.92 Å². The van der Waals surface area contributed by atoms with Gasteiger partial charge in [0.25, 0.3) is 5.69 Å². The van der Waals surface area contributed by atoms with Crippen LogP contribution < -0.4 is 5.32 Å². The highest BCUT2D eigenvalue weighted by Crippen LogP contribution is 2.30. The second-order valence-corrected chi connectivity index (χ2v) is 5.48. The summed E-state index contributed by atoms with van der Waals surface area (Å²) in [7, 11) is 0. The Hall–Kier alpha value is -1.49. The van der Waals surface area contributed by atoms with Gasteiger partial charge in [-0.3, -0.25) is 15.1 Å². The highest BCUT2D eigenvalue weighted by Gasteiger charge is 2.24. The first-order valence-electron chi connectivity index (χ1n) is 6.83.